The van der Waals surface area contributed by atoms with E-state index >= 15 is 0 Å². The molecule has 0 aromatic rings. The molecule has 0 aliphatic carbocycles. The van der Waals surface area contributed by atoms with E-state index in [0.29, 0.717) is 0 Å². The molecular formula is C6H9O6P. The molecule has 0 radical (unpaired) electrons. The highest BCUT2D eigenvalue weighted by atomic mass is 31.2. The lowest BCUT2D eigenvalue weighted by molar-refractivity contribution is -0.151. The zero-order valence-corrected chi connectivity index (χ0v) is 8.08. The van der Waals surface area contributed by atoms with Crippen LogP contribution in [0.3, 0.4) is 0 Å². The molecule has 1 saturated heterocycles. The number of esters is 2. The van der Waals surface area contributed by atoms with Crippen molar-refractivity contribution in [2.45, 2.75) is 12.1 Å². The molecular weight excluding hydrogens is 199 g/mol. The molecule has 7 heteroatoms. The average Bonchev–Trinajstić information content (AvgIpc) is 2.44. The first-order chi connectivity index (χ1) is 6.03. The molecule has 1 unspecified atom stereocenters. The lowest BCUT2D eigenvalue weighted by Crippen LogP contribution is -2.16. The topological polar surface area (TPSA) is 78.9 Å². The molecule has 1 aliphatic rings. The van der Waals surface area contributed by atoms with Gasteiger partial charge in [0.1, 0.15) is 0 Å². The summed E-state index contributed by atoms with van der Waals surface area (Å²) in [5.74, 6) is -1.55. The minimum Gasteiger partial charge on any atom is -0.392 e. The van der Waals surface area contributed by atoms with Gasteiger partial charge in [0.05, 0.1) is 6.42 Å². The Morgan fingerprint density at radius 1 is 1.38 bits per heavy atom. The van der Waals surface area contributed by atoms with Crippen molar-refractivity contribution in [1.29, 1.82) is 0 Å². The summed E-state index contributed by atoms with van der Waals surface area (Å²) in [6, 6.07) is 0. The Kier molecular flexibility index (Phi) is 2.85. The Labute approximate surface area is 74.7 Å². The number of carbonyl (C=O) groups excluding carboxylic acids is 2. The number of hydrogen-bond acceptors (Lipinski definition) is 6. The monoisotopic (exact) mass is 208 g/mol. The number of hydrogen-bond donors (Lipinski definition) is 0. The molecule has 0 saturated carbocycles. The summed E-state index contributed by atoms with van der Waals surface area (Å²) in [6.07, 6.45) is -0.252. The predicted octanol–water partition coefficient (Wildman–Crippen LogP) is 0.314. The first-order valence-electron chi connectivity index (χ1n) is 3.49. The molecule has 1 rings (SSSR count). The molecule has 0 N–H and O–H groups in total. The van der Waals surface area contributed by atoms with Crippen LogP contribution in [0.25, 0.3) is 0 Å². The van der Waals surface area contributed by atoms with Crippen molar-refractivity contribution in [2.75, 3.05) is 14.2 Å². The summed E-state index contributed by atoms with van der Waals surface area (Å²) < 4.78 is 25.0. The third-order valence-electron chi connectivity index (χ3n) is 1.74. The molecule has 1 aliphatic heterocycles. The number of ether oxygens (including phenoxy) is 1. The number of cyclic esters (lactones) is 2. The summed E-state index contributed by atoms with van der Waals surface area (Å²) in [6.45, 7) is 0. The van der Waals surface area contributed by atoms with Crippen LogP contribution in [-0.4, -0.2) is 31.8 Å². The molecule has 74 valence electrons. The van der Waals surface area contributed by atoms with Crippen LogP contribution in [0.5, 0.6) is 0 Å². The van der Waals surface area contributed by atoms with Crippen LogP contribution in [-0.2, 0) is 27.9 Å². The van der Waals surface area contributed by atoms with E-state index in [2.05, 4.69) is 13.8 Å². The van der Waals surface area contributed by atoms with Gasteiger partial charge in [-0.05, 0) is 0 Å². The Hall–Kier alpha value is -0.710. The number of rotatable bonds is 3. The van der Waals surface area contributed by atoms with Crippen LogP contribution in [0.2, 0.25) is 0 Å². The molecule has 13 heavy (non-hydrogen) atoms. The highest BCUT2D eigenvalue weighted by Crippen LogP contribution is 2.54. The quantitative estimate of drug-likeness (QED) is 0.377. The Bertz CT molecular complexity index is 277. The first-order valence-corrected chi connectivity index (χ1v) is 5.10. The van der Waals surface area contributed by atoms with Crippen molar-refractivity contribution in [3.05, 3.63) is 0 Å². The van der Waals surface area contributed by atoms with Crippen molar-refractivity contribution >= 4 is 19.5 Å². The Morgan fingerprint density at radius 2 is 1.92 bits per heavy atom. The number of carbonyl (C=O) groups is 2. The highest BCUT2D eigenvalue weighted by Gasteiger charge is 2.48. The molecule has 0 aromatic heterocycles. The van der Waals surface area contributed by atoms with E-state index in [0.717, 1.165) is 14.2 Å². The first kappa shape index (κ1) is 10.4. The third-order valence-corrected chi connectivity index (χ3v) is 3.91. The van der Waals surface area contributed by atoms with Crippen molar-refractivity contribution in [2.24, 2.45) is 0 Å². The molecule has 1 fully saturated rings. The van der Waals surface area contributed by atoms with Crippen LogP contribution in [0, 0.1) is 0 Å². The van der Waals surface area contributed by atoms with E-state index in [9.17, 15) is 14.2 Å². The maximum Gasteiger partial charge on any atom is 0.344 e. The molecule has 6 nitrogen and oxygen atoms in total. The molecule has 0 aromatic carbocycles. The van der Waals surface area contributed by atoms with Crippen molar-refractivity contribution in [3.8, 4) is 0 Å². The standard InChI is InChI=1S/C6H9O6P/c1-10-13(9,11-2)4-3-5(7)12-6(4)8/h4H,3H2,1-2H3. The van der Waals surface area contributed by atoms with E-state index < -0.39 is 25.2 Å². The van der Waals surface area contributed by atoms with Gasteiger partial charge in [0.15, 0.2) is 5.66 Å². The van der Waals surface area contributed by atoms with Crippen LogP contribution in [0.15, 0.2) is 0 Å². The van der Waals surface area contributed by atoms with E-state index in [-0.39, 0.29) is 6.42 Å². The molecule has 0 bridgehead atoms. The zero-order chi connectivity index (χ0) is 10.1. The smallest absolute Gasteiger partial charge is 0.344 e. The van der Waals surface area contributed by atoms with Crippen LogP contribution < -0.4 is 0 Å². The van der Waals surface area contributed by atoms with Gasteiger partial charge in [-0.25, -0.2) is 0 Å². The zero-order valence-electron chi connectivity index (χ0n) is 7.18. The minimum absolute atomic E-state index is 0.252. The van der Waals surface area contributed by atoms with Crippen molar-refractivity contribution in [3.63, 3.8) is 0 Å². The summed E-state index contributed by atoms with van der Waals surface area (Å²) in [5.41, 5.74) is -1.12. The second-order valence-corrected chi connectivity index (χ2v) is 4.85. The highest BCUT2D eigenvalue weighted by molar-refractivity contribution is 7.55. The van der Waals surface area contributed by atoms with Crippen LogP contribution in [0.4, 0.5) is 0 Å². The lowest BCUT2D eigenvalue weighted by Gasteiger charge is -2.15. The summed E-state index contributed by atoms with van der Waals surface area (Å²) >= 11 is 0. The van der Waals surface area contributed by atoms with E-state index in [1.165, 1.54) is 0 Å². The van der Waals surface area contributed by atoms with Gasteiger partial charge in [-0.15, -0.1) is 0 Å². The second-order valence-electron chi connectivity index (χ2n) is 2.42. The molecule has 1 atom stereocenters. The normalized spacial score (nSPS) is 23.4. The van der Waals surface area contributed by atoms with Crippen LogP contribution >= 0.6 is 7.60 Å². The molecule has 0 spiro atoms. The fourth-order valence-corrected chi connectivity index (χ4v) is 2.37. The van der Waals surface area contributed by atoms with Gasteiger partial charge in [0, 0.05) is 14.2 Å². The van der Waals surface area contributed by atoms with Gasteiger partial charge >= 0.3 is 19.5 Å². The van der Waals surface area contributed by atoms with Gasteiger partial charge in [-0.2, -0.15) is 0 Å². The largest absolute Gasteiger partial charge is 0.392 e. The second kappa shape index (κ2) is 3.57. The molecule has 0 amide bonds. The average molecular weight is 208 g/mol. The molecule has 1 heterocycles. The predicted molar refractivity (Wildman–Crippen MR) is 41.1 cm³/mol. The summed E-state index contributed by atoms with van der Waals surface area (Å²) in [4.78, 5) is 21.6. The Morgan fingerprint density at radius 3 is 2.23 bits per heavy atom. The van der Waals surface area contributed by atoms with Crippen molar-refractivity contribution in [1.82, 2.24) is 0 Å². The third kappa shape index (κ3) is 1.80. The van der Waals surface area contributed by atoms with Gasteiger partial charge in [0.25, 0.3) is 0 Å². The fourth-order valence-electron chi connectivity index (χ4n) is 1.03. The van der Waals surface area contributed by atoms with E-state index in [1.807, 2.05) is 0 Å². The van der Waals surface area contributed by atoms with Crippen molar-refractivity contribution < 1.29 is 27.9 Å². The van der Waals surface area contributed by atoms with E-state index in [4.69, 9.17) is 0 Å². The summed E-state index contributed by atoms with van der Waals surface area (Å²) in [7, 11) is -1.21. The fraction of sp³-hybridized carbons (Fsp3) is 0.667. The van der Waals surface area contributed by atoms with Gasteiger partial charge in [-0.3, -0.25) is 14.2 Å². The minimum atomic E-state index is -3.52. The maximum atomic E-state index is 11.6. The van der Waals surface area contributed by atoms with Gasteiger partial charge in [0.2, 0.25) is 0 Å². The lowest BCUT2D eigenvalue weighted by atomic mass is 10.4. The SMILES string of the molecule is COP(=O)(OC)C1CC(=O)OC1=O. The van der Waals surface area contributed by atoms with Crippen LogP contribution in [0.1, 0.15) is 6.42 Å². The summed E-state index contributed by atoms with van der Waals surface area (Å²) in [5, 5.41) is 0. The van der Waals surface area contributed by atoms with Gasteiger partial charge in [-0.1, -0.05) is 0 Å². The van der Waals surface area contributed by atoms with Gasteiger partial charge < -0.3 is 13.8 Å². The maximum absolute atomic E-state index is 11.6. The van der Waals surface area contributed by atoms with E-state index in [1.54, 1.807) is 0 Å². The Balaban J connectivity index is 2.88.